The van der Waals surface area contributed by atoms with E-state index < -0.39 is 0 Å². The number of aromatic nitrogens is 2. The zero-order chi connectivity index (χ0) is 15.0. The van der Waals surface area contributed by atoms with Crippen molar-refractivity contribution in [2.45, 2.75) is 20.1 Å². The molecule has 21 heavy (non-hydrogen) atoms. The van der Waals surface area contributed by atoms with Crippen LogP contribution in [0.25, 0.3) is 0 Å². The van der Waals surface area contributed by atoms with Crippen LogP contribution in [0, 0.1) is 6.92 Å². The molecule has 0 atom stereocenters. The van der Waals surface area contributed by atoms with Gasteiger partial charge in [0.25, 0.3) is 0 Å². The predicted molar refractivity (Wildman–Crippen MR) is 75.8 cm³/mol. The number of aliphatic hydroxyl groups is 1. The van der Waals surface area contributed by atoms with Crippen molar-refractivity contribution in [3.8, 4) is 17.2 Å². The number of rotatable bonds is 4. The number of ether oxygens (including phenoxy) is 3. The van der Waals surface area contributed by atoms with Crippen molar-refractivity contribution in [3.05, 3.63) is 34.1 Å². The summed E-state index contributed by atoms with van der Waals surface area (Å²) < 4.78 is 18.0. The average molecular weight is 311 g/mol. The molecule has 0 amide bonds. The summed E-state index contributed by atoms with van der Waals surface area (Å²) in [6.45, 7) is 2.17. The van der Waals surface area contributed by atoms with Crippen molar-refractivity contribution < 1.29 is 19.3 Å². The number of nitrogens with zero attached hydrogens (tertiary/aromatic N) is 2. The van der Waals surface area contributed by atoms with Crippen LogP contribution in [0.2, 0.25) is 5.15 Å². The molecule has 1 N–H and O–H groups in total. The number of hydrogen-bond acceptors (Lipinski definition) is 5. The van der Waals surface area contributed by atoms with Crippen LogP contribution < -0.4 is 14.2 Å². The molecule has 1 aliphatic rings. The molecule has 2 heterocycles. The van der Waals surface area contributed by atoms with Gasteiger partial charge < -0.3 is 19.3 Å². The molecule has 6 nitrogen and oxygen atoms in total. The highest BCUT2D eigenvalue weighted by Crippen LogP contribution is 2.38. The third kappa shape index (κ3) is 2.52. The Hall–Kier alpha value is -1.92. The Morgan fingerprint density at radius 2 is 2.10 bits per heavy atom. The number of hydrogen-bond donors (Lipinski definition) is 1. The SMILES string of the molecule is Cc1nn(C)c(Cl)c1COc1cc2c(cc1CO)OCO2. The second-order valence-corrected chi connectivity index (χ2v) is 5.10. The van der Waals surface area contributed by atoms with Crippen LogP contribution in [0.3, 0.4) is 0 Å². The molecule has 0 saturated carbocycles. The normalized spacial score (nSPS) is 12.8. The maximum absolute atomic E-state index is 9.44. The Morgan fingerprint density at radius 3 is 2.71 bits per heavy atom. The van der Waals surface area contributed by atoms with E-state index in [2.05, 4.69) is 5.10 Å². The second kappa shape index (κ2) is 5.46. The van der Waals surface area contributed by atoms with Gasteiger partial charge in [-0.1, -0.05) is 11.6 Å². The summed E-state index contributed by atoms with van der Waals surface area (Å²) in [5, 5.41) is 14.2. The summed E-state index contributed by atoms with van der Waals surface area (Å²) in [7, 11) is 1.78. The molecule has 0 saturated heterocycles. The molecule has 1 aromatic carbocycles. The van der Waals surface area contributed by atoms with Crippen molar-refractivity contribution in [1.82, 2.24) is 9.78 Å². The highest BCUT2D eigenvalue weighted by Gasteiger charge is 2.19. The summed E-state index contributed by atoms with van der Waals surface area (Å²) in [6.07, 6.45) is 0. The monoisotopic (exact) mass is 310 g/mol. The second-order valence-electron chi connectivity index (χ2n) is 4.74. The minimum absolute atomic E-state index is 0.147. The molecule has 0 radical (unpaired) electrons. The number of aliphatic hydroxyl groups excluding tert-OH is 1. The summed E-state index contributed by atoms with van der Waals surface area (Å²) >= 11 is 6.17. The van der Waals surface area contributed by atoms with Gasteiger partial charge in [0.05, 0.1) is 12.3 Å². The van der Waals surface area contributed by atoms with Gasteiger partial charge in [-0.15, -0.1) is 0 Å². The van der Waals surface area contributed by atoms with Crippen molar-refractivity contribution in [3.63, 3.8) is 0 Å². The number of benzene rings is 1. The summed E-state index contributed by atoms with van der Waals surface area (Å²) in [5.41, 5.74) is 2.27. The molecular formula is C14H15ClN2O4. The predicted octanol–water partition coefficient (Wildman–Crippen LogP) is 2.18. The van der Waals surface area contributed by atoms with Crippen LogP contribution in [0.5, 0.6) is 17.2 Å². The van der Waals surface area contributed by atoms with E-state index >= 15 is 0 Å². The van der Waals surface area contributed by atoms with E-state index in [0.717, 1.165) is 11.3 Å². The lowest BCUT2D eigenvalue weighted by Gasteiger charge is -2.11. The third-order valence-corrected chi connectivity index (χ3v) is 3.84. The van der Waals surface area contributed by atoms with Gasteiger partial charge in [-0.2, -0.15) is 5.10 Å². The van der Waals surface area contributed by atoms with Crippen molar-refractivity contribution in [2.24, 2.45) is 7.05 Å². The van der Waals surface area contributed by atoms with Crippen molar-refractivity contribution in [1.29, 1.82) is 0 Å². The Kier molecular flexibility index (Phi) is 3.65. The molecule has 2 aromatic rings. The molecule has 7 heteroatoms. The van der Waals surface area contributed by atoms with E-state index in [-0.39, 0.29) is 20.0 Å². The summed E-state index contributed by atoms with van der Waals surface area (Å²) in [5.74, 6) is 1.76. The Morgan fingerprint density at radius 1 is 1.38 bits per heavy atom. The van der Waals surface area contributed by atoms with E-state index in [1.165, 1.54) is 0 Å². The first kappa shape index (κ1) is 14.0. The molecule has 0 aliphatic carbocycles. The van der Waals surface area contributed by atoms with Gasteiger partial charge in [0.1, 0.15) is 17.5 Å². The fraction of sp³-hybridized carbons (Fsp3) is 0.357. The van der Waals surface area contributed by atoms with Crippen LogP contribution in [0.1, 0.15) is 16.8 Å². The van der Waals surface area contributed by atoms with E-state index in [4.69, 9.17) is 25.8 Å². The van der Waals surface area contributed by atoms with Gasteiger partial charge in [-0.25, -0.2) is 0 Å². The lowest BCUT2D eigenvalue weighted by Crippen LogP contribution is -2.00. The van der Waals surface area contributed by atoms with Gasteiger partial charge in [-0.05, 0) is 13.0 Å². The summed E-state index contributed by atoms with van der Waals surface area (Å²) in [4.78, 5) is 0. The van der Waals surface area contributed by atoms with Gasteiger partial charge in [-0.3, -0.25) is 4.68 Å². The number of fused-ring (bicyclic) bond motifs is 1. The van der Waals surface area contributed by atoms with E-state index in [1.54, 1.807) is 23.9 Å². The van der Waals surface area contributed by atoms with Crippen LogP contribution in [0.15, 0.2) is 12.1 Å². The highest BCUT2D eigenvalue weighted by atomic mass is 35.5. The van der Waals surface area contributed by atoms with E-state index in [1.807, 2.05) is 6.92 Å². The fourth-order valence-corrected chi connectivity index (χ4v) is 2.44. The van der Waals surface area contributed by atoms with Gasteiger partial charge in [0.2, 0.25) is 6.79 Å². The minimum atomic E-state index is -0.147. The Balaban J connectivity index is 1.85. The van der Waals surface area contributed by atoms with Crippen LogP contribution >= 0.6 is 11.6 Å². The van der Waals surface area contributed by atoms with Crippen LogP contribution in [0.4, 0.5) is 0 Å². The largest absolute Gasteiger partial charge is 0.488 e. The molecular weight excluding hydrogens is 296 g/mol. The van der Waals surface area contributed by atoms with E-state index in [9.17, 15) is 5.11 Å². The molecule has 3 rings (SSSR count). The fourth-order valence-electron chi connectivity index (χ4n) is 2.21. The highest BCUT2D eigenvalue weighted by molar-refractivity contribution is 6.30. The maximum Gasteiger partial charge on any atom is 0.231 e. The van der Waals surface area contributed by atoms with Crippen LogP contribution in [-0.2, 0) is 20.3 Å². The lowest BCUT2D eigenvalue weighted by molar-refractivity contribution is 0.173. The zero-order valence-electron chi connectivity index (χ0n) is 11.7. The molecule has 112 valence electrons. The maximum atomic E-state index is 9.44. The van der Waals surface area contributed by atoms with Crippen LogP contribution in [-0.4, -0.2) is 21.7 Å². The van der Waals surface area contributed by atoms with Gasteiger partial charge in [0.15, 0.2) is 11.5 Å². The first-order valence-corrected chi connectivity index (χ1v) is 6.82. The summed E-state index contributed by atoms with van der Waals surface area (Å²) in [6, 6.07) is 3.43. The molecule has 0 bridgehead atoms. The lowest BCUT2D eigenvalue weighted by atomic mass is 10.2. The minimum Gasteiger partial charge on any atom is -0.488 e. The Labute approximate surface area is 126 Å². The van der Waals surface area contributed by atoms with Gasteiger partial charge >= 0.3 is 0 Å². The topological polar surface area (TPSA) is 65.7 Å². The molecule has 0 unspecified atom stereocenters. The standard InChI is InChI=1S/C14H15ClN2O4/c1-8-10(14(15)17(2)16-8)6-19-11-4-13-12(20-7-21-13)3-9(11)5-18/h3-4,18H,5-7H2,1-2H3. The zero-order valence-corrected chi connectivity index (χ0v) is 12.5. The quantitative estimate of drug-likeness (QED) is 0.937. The first-order chi connectivity index (χ1) is 10.1. The average Bonchev–Trinajstić information content (AvgIpc) is 3.01. The third-order valence-electron chi connectivity index (χ3n) is 3.37. The Bertz CT molecular complexity index is 684. The molecule has 1 aliphatic heterocycles. The first-order valence-electron chi connectivity index (χ1n) is 6.44. The molecule has 1 aromatic heterocycles. The molecule has 0 spiro atoms. The van der Waals surface area contributed by atoms with E-state index in [0.29, 0.717) is 28.0 Å². The van der Waals surface area contributed by atoms with Crippen molar-refractivity contribution >= 4 is 11.6 Å². The smallest absolute Gasteiger partial charge is 0.231 e. The number of aryl methyl sites for hydroxylation is 2. The molecule has 0 fully saturated rings. The van der Waals surface area contributed by atoms with Gasteiger partial charge in [0, 0.05) is 24.2 Å². The number of halogens is 1. The van der Waals surface area contributed by atoms with Crippen molar-refractivity contribution in [2.75, 3.05) is 6.79 Å².